The number of nitrogens with zero attached hydrogens (tertiary/aromatic N) is 1. The monoisotopic (exact) mass is 543 g/mol. The number of alkyl halides is 5. The molecule has 1 fully saturated rings. The van der Waals surface area contributed by atoms with Crippen LogP contribution < -0.4 is 10.9 Å². The van der Waals surface area contributed by atoms with Crippen LogP contribution in [0.1, 0.15) is 41.7 Å². The van der Waals surface area contributed by atoms with Crippen LogP contribution in [0.4, 0.5) is 30.7 Å². The summed E-state index contributed by atoms with van der Waals surface area (Å²) in [6.45, 7) is -0.348. The lowest BCUT2D eigenvalue weighted by Crippen LogP contribution is -2.42. The van der Waals surface area contributed by atoms with E-state index in [9.17, 15) is 35.9 Å². The lowest BCUT2D eigenvalue weighted by atomic mass is 9.81. The summed E-state index contributed by atoms with van der Waals surface area (Å²) in [5, 5.41) is 2.44. The molecule has 0 radical (unpaired) electrons. The lowest BCUT2D eigenvalue weighted by molar-refractivity contribution is -0.137. The van der Waals surface area contributed by atoms with Gasteiger partial charge in [-0.25, -0.2) is 22.5 Å². The predicted octanol–water partition coefficient (Wildman–Crippen LogP) is 5.28. The smallest absolute Gasteiger partial charge is 0.373 e. The number of amides is 1. The van der Waals surface area contributed by atoms with Gasteiger partial charge in [0, 0.05) is 24.1 Å². The van der Waals surface area contributed by atoms with Gasteiger partial charge in [-0.05, 0) is 36.6 Å². The maximum atomic E-state index is 15.3. The van der Waals surface area contributed by atoms with E-state index in [0.717, 1.165) is 6.07 Å². The fourth-order valence-corrected chi connectivity index (χ4v) is 4.01. The molecule has 0 bridgehead atoms. The summed E-state index contributed by atoms with van der Waals surface area (Å²) in [4.78, 5) is 29.4. The van der Waals surface area contributed by atoms with Crippen LogP contribution in [-0.4, -0.2) is 22.0 Å². The number of aromatic nitrogens is 2. The molecule has 13 heteroatoms. The number of rotatable bonds is 8. The average Bonchev–Trinajstić information content (AvgIpc) is 2.81. The fourth-order valence-electron chi connectivity index (χ4n) is 4.01. The molecule has 0 saturated heterocycles. The van der Waals surface area contributed by atoms with Gasteiger partial charge >= 0.3 is 6.18 Å². The van der Waals surface area contributed by atoms with Crippen LogP contribution in [0, 0.1) is 17.6 Å². The number of benzene rings is 2. The van der Waals surface area contributed by atoms with Gasteiger partial charge in [0.25, 0.3) is 12.0 Å². The Morgan fingerprint density at radius 1 is 1.13 bits per heavy atom. The normalized spacial score (nSPS) is 17.4. The van der Waals surface area contributed by atoms with Gasteiger partial charge in [-0.2, -0.15) is 13.2 Å². The Morgan fingerprint density at radius 3 is 2.53 bits per heavy atom. The Labute approximate surface area is 210 Å². The fraction of sp³-hybridized carbons (Fsp3) is 0.320. The van der Waals surface area contributed by atoms with Crippen LogP contribution >= 0.6 is 0 Å². The zero-order valence-electron chi connectivity index (χ0n) is 19.4. The number of H-pyrrole nitrogens is 1. The zero-order chi connectivity index (χ0) is 27.6. The first kappa shape index (κ1) is 27.3. The summed E-state index contributed by atoms with van der Waals surface area (Å²) >= 11 is 0. The number of carbonyl (C=O) groups is 1. The van der Waals surface area contributed by atoms with Crippen molar-refractivity contribution in [2.24, 2.45) is 5.92 Å². The van der Waals surface area contributed by atoms with Crippen LogP contribution in [-0.2, 0) is 28.9 Å². The molecule has 3 aromatic rings. The first-order valence-corrected chi connectivity index (χ1v) is 11.3. The highest BCUT2D eigenvalue weighted by Gasteiger charge is 2.38. The topological polar surface area (TPSA) is 84.1 Å². The number of nitrogens with one attached hydrogen (secondary N) is 2. The standard InChI is InChI=1S/C25H20F7N3O3/c26-15-3-1-2-12(6-15)11-38-16-7-14(8-16)24(37)33-10-13-4-5-17(25(30,31)32)20(21(13)27)23-34-18(22(28)29)9-19(36)35-23/h1-6,9,14,16,22H,7-8,10-11H2,(H,33,37)(H,34,35,36). The van der Waals surface area contributed by atoms with Crippen LogP contribution in [0.15, 0.2) is 47.3 Å². The van der Waals surface area contributed by atoms with E-state index in [-0.39, 0.29) is 18.3 Å². The van der Waals surface area contributed by atoms with Crippen molar-refractivity contribution in [3.8, 4) is 11.4 Å². The second-order valence-electron chi connectivity index (χ2n) is 8.73. The second kappa shape index (κ2) is 10.9. The summed E-state index contributed by atoms with van der Waals surface area (Å²) in [5.74, 6) is -3.85. The molecule has 0 unspecified atom stereocenters. The minimum atomic E-state index is -5.09. The largest absolute Gasteiger partial charge is 0.417 e. The van der Waals surface area contributed by atoms with E-state index in [1.165, 1.54) is 12.1 Å². The molecule has 0 aliphatic heterocycles. The SMILES string of the molecule is O=C(NCc1ccc(C(F)(F)F)c(-c2nc(C(F)F)cc(=O)[nH]2)c1F)C1CC(OCc2cccc(F)c2)C1. The molecule has 1 amide bonds. The highest BCUT2D eigenvalue weighted by Crippen LogP contribution is 2.39. The van der Waals surface area contributed by atoms with Gasteiger partial charge in [0.2, 0.25) is 5.91 Å². The summed E-state index contributed by atoms with van der Waals surface area (Å²) in [6, 6.07) is 7.58. The van der Waals surface area contributed by atoms with Gasteiger partial charge in [0.15, 0.2) is 0 Å². The van der Waals surface area contributed by atoms with Crippen molar-refractivity contribution in [1.82, 2.24) is 15.3 Å². The molecule has 1 heterocycles. The van der Waals surface area contributed by atoms with Crippen molar-refractivity contribution in [3.05, 3.63) is 86.8 Å². The van der Waals surface area contributed by atoms with E-state index in [1.54, 1.807) is 12.1 Å². The second-order valence-corrected chi connectivity index (χ2v) is 8.73. The number of hydrogen-bond acceptors (Lipinski definition) is 4. The summed E-state index contributed by atoms with van der Waals surface area (Å²) in [5.41, 5.74) is -4.79. The Morgan fingerprint density at radius 2 is 1.87 bits per heavy atom. The van der Waals surface area contributed by atoms with Gasteiger partial charge in [-0.3, -0.25) is 9.59 Å². The van der Waals surface area contributed by atoms with E-state index in [0.29, 0.717) is 30.5 Å². The number of aromatic amines is 1. The average molecular weight is 543 g/mol. The van der Waals surface area contributed by atoms with E-state index < -0.39 is 70.8 Å². The van der Waals surface area contributed by atoms with E-state index >= 15 is 4.39 Å². The van der Waals surface area contributed by atoms with E-state index in [2.05, 4.69) is 10.3 Å². The highest BCUT2D eigenvalue weighted by atomic mass is 19.4. The molecule has 0 atom stereocenters. The number of halogens is 7. The third-order valence-corrected chi connectivity index (χ3v) is 6.04. The zero-order valence-corrected chi connectivity index (χ0v) is 19.4. The Hall–Kier alpha value is -3.74. The summed E-state index contributed by atoms with van der Waals surface area (Å²) in [6.07, 6.45) is -7.95. The van der Waals surface area contributed by atoms with Gasteiger partial charge in [-0.15, -0.1) is 0 Å². The molecule has 2 N–H and O–H groups in total. The summed E-state index contributed by atoms with van der Waals surface area (Å²) in [7, 11) is 0. The van der Waals surface area contributed by atoms with Gasteiger partial charge in [0.05, 0.1) is 23.8 Å². The molecule has 1 aliphatic rings. The van der Waals surface area contributed by atoms with Crippen molar-refractivity contribution < 1.29 is 40.3 Å². The Kier molecular flexibility index (Phi) is 7.86. The third kappa shape index (κ3) is 6.21. The molecule has 202 valence electrons. The minimum absolute atomic E-state index is 0.152. The molecule has 2 aromatic carbocycles. The lowest BCUT2D eigenvalue weighted by Gasteiger charge is -2.34. The molecule has 6 nitrogen and oxygen atoms in total. The third-order valence-electron chi connectivity index (χ3n) is 6.04. The quantitative estimate of drug-likeness (QED) is 0.379. The van der Waals surface area contributed by atoms with Crippen molar-refractivity contribution >= 4 is 5.91 Å². The molecule has 1 aromatic heterocycles. The van der Waals surface area contributed by atoms with Crippen LogP contribution in [0.2, 0.25) is 0 Å². The molecule has 0 spiro atoms. The Bertz CT molecular complexity index is 1390. The maximum absolute atomic E-state index is 15.3. The molecule has 4 rings (SSSR count). The molecule has 1 aliphatic carbocycles. The van der Waals surface area contributed by atoms with Crippen molar-refractivity contribution in [3.63, 3.8) is 0 Å². The van der Waals surface area contributed by atoms with Crippen molar-refractivity contribution in [2.45, 2.75) is 44.7 Å². The predicted molar refractivity (Wildman–Crippen MR) is 120 cm³/mol. The van der Waals surface area contributed by atoms with Crippen molar-refractivity contribution in [2.75, 3.05) is 0 Å². The minimum Gasteiger partial charge on any atom is -0.373 e. The van der Waals surface area contributed by atoms with E-state index in [4.69, 9.17) is 4.74 Å². The van der Waals surface area contributed by atoms with Crippen LogP contribution in [0.5, 0.6) is 0 Å². The number of carbonyl (C=O) groups excluding carboxylic acids is 1. The van der Waals surface area contributed by atoms with Crippen molar-refractivity contribution in [1.29, 1.82) is 0 Å². The van der Waals surface area contributed by atoms with Gasteiger partial charge in [0.1, 0.15) is 23.2 Å². The molecular formula is C25H20F7N3O3. The first-order valence-electron chi connectivity index (χ1n) is 11.3. The van der Waals surface area contributed by atoms with Crippen LogP contribution in [0.25, 0.3) is 11.4 Å². The first-order chi connectivity index (χ1) is 17.9. The number of ether oxygens (including phenoxy) is 1. The summed E-state index contributed by atoms with van der Waals surface area (Å²) < 4.78 is 101. The molecule has 38 heavy (non-hydrogen) atoms. The molecule has 1 saturated carbocycles. The highest BCUT2D eigenvalue weighted by molar-refractivity contribution is 5.79. The van der Waals surface area contributed by atoms with Crippen LogP contribution in [0.3, 0.4) is 0 Å². The number of hydrogen-bond donors (Lipinski definition) is 2. The molecular weight excluding hydrogens is 523 g/mol. The van der Waals surface area contributed by atoms with E-state index in [1.807, 2.05) is 4.98 Å². The van der Waals surface area contributed by atoms with Gasteiger partial charge < -0.3 is 15.0 Å². The maximum Gasteiger partial charge on any atom is 0.417 e. The van der Waals surface area contributed by atoms with Gasteiger partial charge in [-0.1, -0.05) is 18.2 Å². The Balaban J connectivity index is 1.44.